The van der Waals surface area contributed by atoms with Gasteiger partial charge in [-0.1, -0.05) is 20.4 Å². The van der Waals surface area contributed by atoms with E-state index in [1.54, 1.807) is 0 Å². The third-order valence-electron chi connectivity index (χ3n) is 2.28. The van der Waals surface area contributed by atoms with Gasteiger partial charge >= 0.3 is 5.97 Å². The number of aromatic hydroxyl groups is 2. The molecule has 0 radical (unpaired) electrons. The third kappa shape index (κ3) is 3.00. The molecule has 0 aliphatic rings. The molecule has 2 N–H and O–H groups in total. The van der Waals surface area contributed by atoms with Crippen LogP contribution in [-0.2, 0) is 4.79 Å². The smallest absolute Gasteiger partial charge is 0.338 e. The van der Waals surface area contributed by atoms with E-state index in [4.69, 9.17) is 4.74 Å². The molecule has 0 heterocycles. The monoisotopic (exact) mass is 236 g/mol. The molecule has 0 unspecified atom stereocenters. The largest absolute Gasteiger partial charge is 0.504 e. The molecule has 0 fully saturated rings. The topological polar surface area (TPSA) is 66.8 Å². The molecule has 0 amide bonds. The van der Waals surface area contributed by atoms with Gasteiger partial charge in [0.25, 0.3) is 0 Å². The molecule has 0 atom stereocenters. The van der Waals surface area contributed by atoms with E-state index in [1.807, 2.05) is 13.8 Å². The van der Waals surface area contributed by atoms with Gasteiger partial charge in [0.15, 0.2) is 11.5 Å². The second-order valence-electron chi connectivity index (χ2n) is 4.21. The first-order valence-corrected chi connectivity index (χ1v) is 5.26. The predicted octanol–water partition coefficient (Wildman–Crippen LogP) is 2.70. The summed E-state index contributed by atoms with van der Waals surface area (Å²) in [5, 5.41) is 19.4. The Balaban J connectivity index is 3.10. The lowest BCUT2D eigenvalue weighted by Gasteiger charge is -2.12. The molecule has 0 saturated heterocycles. The van der Waals surface area contributed by atoms with E-state index in [9.17, 15) is 15.0 Å². The fourth-order valence-electron chi connectivity index (χ4n) is 1.24. The Bertz CT molecular complexity index is 437. The zero-order valence-corrected chi connectivity index (χ0v) is 10.2. The van der Waals surface area contributed by atoms with Crippen LogP contribution in [0.15, 0.2) is 24.3 Å². The maximum atomic E-state index is 11.3. The summed E-state index contributed by atoms with van der Waals surface area (Å²) in [5.41, 5.74) is 0.951. The summed E-state index contributed by atoms with van der Waals surface area (Å²) < 4.78 is 4.83. The van der Waals surface area contributed by atoms with Crippen molar-refractivity contribution in [3.63, 3.8) is 0 Å². The van der Waals surface area contributed by atoms with Gasteiger partial charge in [0.1, 0.15) is 0 Å². The average Bonchev–Trinajstić information content (AvgIpc) is 2.22. The molecule has 0 aliphatic carbocycles. The average molecular weight is 236 g/mol. The van der Waals surface area contributed by atoms with E-state index in [0.29, 0.717) is 0 Å². The lowest BCUT2D eigenvalue weighted by atomic mass is 10.0. The molecule has 4 heteroatoms. The molecular formula is C13H16O4. The van der Waals surface area contributed by atoms with E-state index < -0.39 is 5.97 Å². The predicted molar refractivity (Wildman–Crippen MR) is 64.3 cm³/mol. The Kier molecular flexibility index (Phi) is 3.78. The zero-order valence-electron chi connectivity index (χ0n) is 10.2. The number of carbonyl (C=O) groups is 1. The minimum atomic E-state index is -0.687. The molecule has 1 aromatic carbocycles. The Morgan fingerprint density at radius 1 is 1.29 bits per heavy atom. The van der Waals surface area contributed by atoms with E-state index in [1.165, 1.54) is 19.1 Å². The van der Waals surface area contributed by atoms with Crippen molar-refractivity contribution in [1.29, 1.82) is 0 Å². The van der Waals surface area contributed by atoms with Gasteiger partial charge in [-0.3, -0.25) is 0 Å². The lowest BCUT2D eigenvalue weighted by molar-refractivity contribution is -0.130. The van der Waals surface area contributed by atoms with Crippen molar-refractivity contribution in [1.82, 2.24) is 0 Å². The molecule has 1 rings (SSSR count). The van der Waals surface area contributed by atoms with Crippen molar-refractivity contribution in [2.24, 2.45) is 0 Å². The molecule has 4 nitrogen and oxygen atoms in total. The SMILES string of the molecule is C=C(C)C(=O)Oc1c(O)cc(C(C)C)cc1O. The van der Waals surface area contributed by atoms with Crippen molar-refractivity contribution in [2.45, 2.75) is 26.7 Å². The van der Waals surface area contributed by atoms with Crippen molar-refractivity contribution in [3.8, 4) is 17.2 Å². The van der Waals surface area contributed by atoms with E-state index in [2.05, 4.69) is 6.58 Å². The number of hydrogen-bond donors (Lipinski definition) is 2. The van der Waals surface area contributed by atoms with Crippen LogP contribution in [-0.4, -0.2) is 16.2 Å². The standard InChI is InChI=1S/C13H16O4/c1-7(2)9-5-10(14)12(11(15)6-9)17-13(16)8(3)4/h5-7,14-15H,3H2,1-2,4H3. The number of esters is 1. The summed E-state index contributed by atoms with van der Waals surface area (Å²) in [6.45, 7) is 8.75. The quantitative estimate of drug-likeness (QED) is 0.481. The first-order valence-electron chi connectivity index (χ1n) is 5.26. The summed E-state index contributed by atoms with van der Waals surface area (Å²) in [5.74, 6) is -1.29. The summed E-state index contributed by atoms with van der Waals surface area (Å²) in [6, 6.07) is 2.93. The van der Waals surface area contributed by atoms with Gasteiger partial charge in [-0.05, 0) is 30.5 Å². The Hall–Kier alpha value is -1.97. The lowest BCUT2D eigenvalue weighted by Crippen LogP contribution is -2.08. The van der Waals surface area contributed by atoms with Crippen LogP contribution in [0.5, 0.6) is 17.2 Å². The minimum absolute atomic E-state index is 0.151. The molecule has 1 aromatic rings. The fraction of sp³-hybridized carbons (Fsp3) is 0.308. The Morgan fingerprint density at radius 2 is 1.76 bits per heavy atom. The molecular weight excluding hydrogens is 220 g/mol. The highest BCUT2D eigenvalue weighted by Crippen LogP contribution is 2.39. The Labute approximate surface area is 100 Å². The summed E-state index contributed by atoms with van der Waals surface area (Å²) in [6.07, 6.45) is 0. The molecule has 17 heavy (non-hydrogen) atoms. The van der Waals surface area contributed by atoms with E-state index in [-0.39, 0.29) is 28.7 Å². The molecule has 0 saturated carbocycles. The highest BCUT2D eigenvalue weighted by atomic mass is 16.5. The summed E-state index contributed by atoms with van der Waals surface area (Å²) >= 11 is 0. The minimum Gasteiger partial charge on any atom is -0.504 e. The third-order valence-corrected chi connectivity index (χ3v) is 2.28. The van der Waals surface area contributed by atoms with Gasteiger partial charge in [-0.15, -0.1) is 0 Å². The molecule has 0 aliphatic heterocycles. The summed E-state index contributed by atoms with van der Waals surface area (Å²) in [7, 11) is 0. The van der Waals surface area contributed by atoms with Crippen molar-refractivity contribution < 1.29 is 19.7 Å². The Morgan fingerprint density at radius 3 is 2.12 bits per heavy atom. The van der Waals surface area contributed by atoms with Crippen molar-refractivity contribution >= 4 is 5.97 Å². The van der Waals surface area contributed by atoms with Crippen molar-refractivity contribution in [2.75, 3.05) is 0 Å². The van der Waals surface area contributed by atoms with Crippen LogP contribution in [0, 0.1) is 0 Å². The number of carbonyl (C=O) groups excluding carboxylic acids is 1. The summed E-state index contributed by atoms with van der Waals surface area (Å²) in [4.78, 5) is 11.3. The van der Waals surface area contributed by atoms with E-state index >= 15 is 0 Å². The maximum Gasteiger partial charge on any atom is 0.338 e. The number of phenols is 2. The molecule has 0 bridgehead atoms. The first kappa shape index (κ1) is 13.1. The van der Waals surface area contributed by atoms with Gasteiger partial charge in [0.2, 0.25) is 5.75 Å². The molecule has 92 valence electrons. The second-order valence-corrected chi connectivity index (χ2v) is 4.21. The number of benzene rings is 1. The van der Waals surface area contributed by atoms with Gasteiger partial charge in [0.05, 0.1) is 0 Å². The van der Waals surface area contributed by atoms with Crippen LogP contribution >= 0.6 is 0 Å². The van der Waals surface area contributed by atoms with Gasteiger partial charge in [-0.25, -0.2) is 4.79 Å². The van der Waals surface area contributed by atoms with E-state index in [0.717, 1.165) is 5.56 Å². The fourth-order valence-corrected chi connectivity index (χ4v) is 1.24. The highest BCUT2D eigenvalue weighted by molar-refractivity contribution is 5.89. The van der Waals surface area contributed by atoms with Crippen molar-refractivity contribution in [3.05, 3.63) is 29.8 Å². The van der Waals surface area contributed by atoms with Crippen LogP contribution in [0.25, 0.3) is 0 Å². The maximum absolute atomic E-state index is 11.3. The molecule has 0 spiro atoms. The van der Waals surface area contributed by atoms with Gasteiger partial charge < -0.3 is 14.9 Å². The molecule has 0 aromatic heterocycles. The number of hydrogen-bond acceptors (Lipinski definition) is 4. The number of phenolic OH excluding ortho intramolecular Hbond substituents is 2. The van der Waals surface area contributed by atoms with Crippen LogP contribution in [0.2, 0.25) is 0 Å². The number of rotatable bonds is 3. The van der Waals surface area contributed by atoms with Crippen LogP contribution in [0.1, 0.15) is 32.3 Å². The second kappa shape index (κ2) is 4.91. The van der Waals surface area contributed by atoms with Crippen LogP contribution in [0.3, 0.4) is 0 Å². The van der Waals surface area contributed by atoms with Gasteiger partial charge in [0, 0.05) is 5.57 Å². The number of ether oxygens (including phenoxy) is 1. The van der Waals surface area contributed by atoms with Gasteiger partial charge in [-0.2, -0.15) is 0 Å². The van der Waals surface area contributed by atoms with Crippen LogP contribution in [0.4, 0.5) is 0 Å². The normalized spacial score (nSPS) is 10.4. The highest BCUT2D eigenvalue weighted by Gasteiger charge is 2.16. The van der Waals surface area contributed by atoms with Crippen LogP contribution < -0.4 is 4.74 Å². The zero-order chi connectivity index (χ0) is 13.2. The first-order chi connectivity index (χ1) is 7.82.